The van der Waals surface area contributed by atoms with Crippen molar-refractivity contribution in [2.45, 2.75) is 63.6 Å². The summed E-state index contributed by atoms with van der Waals surface area (Å²) in [6.45, 7) is 3.54. The molecule has 1 unspecified atom stereocenters. The van der Waals surface area contributed by atoms with E-state index in [1.165, 1.54) is 19.1 Å². The molecule has 0 radical (unpaired) electrons. The zero-order chi connectivity index (χ0) is 28.1. The van der Waals surface area contributed by atoms with Gasteiger partial charge in [0.15, 0.2) is 18.2 Å². The van der Waals surface area contributed by atoms with Gasteiger partial charge in [0.05, 0.1) is 19.1 Å². The van der Waals surface area contributed by atoms with Gasteiger partial charge in [-0.2, -0.15) is 5.09 Å². The Balaban J connectivity index is 1.87. The normalized spacial score (nSPS) is 27.5. The molecule has 0 bridgehead atoms. The number of amides is 1. The number of ether oxygens (including phenoxy) is 2. The number of hydrogen-bond acceptors (Lipinski definition) is 10. The fourth-order valence-electron chi connectivity index (χ4n) is 3.55. The lowest BCUT2D eigenvalue weighted by Gasteiger charge is -2.31. The number of allylic oxidation sites excluding steroid dienone is 1. The molecule has 1 aromatic carbocycles. The van der Waals surface area contributed by atoms with Gasteiger partial charge in [-0.05, 0) is 44.5 Å². The summed E-state index contributed by atoms with van der Waals surface area (Å²) in [5.41, 5.74) is 6.61. The van der Waals surface area contributed by atoms with E-state index < -0.39 is 74.8 Å². The largest absolute Gasteiger partial charge is 0.462 e. The van der Waals surface area contributed by atoms with Crippen LogP contribution in [0.5, 0.6) is 5.75 Å². The number of rotatable bonds is 11. The lowest BCUT2D eigenvalue weighted by Crippen LogP contribution is -2.45. The number of hydrogen-bond donors (Lipinski definition) is 2. The highest BCUT2D eigenvalue weighted by Crippen LogP contribution is 2.48. The van der Waals surface area contributed by atoms with Crippen LogP contribution in [-0.4, -0.2) is 70.6 Å². The summed E-state index contributed by atoms with van der Waals surface area (Å²) in [7, 11) is -4.52. The van der Waals surface area contributed by atoms with Crippen LogP contribution in [0.1, 0.15) is 27.2 Å². The van der Waals surface area contributed by atoms with Crippen molar-refractivity contribution in [1.29, 1.82) is 0 Å². The van der Waals surface area contributed by atoms with E-state index in [1.54, 1.807) is 32.0 Å². The Kier molecular flexibility index (Phi) is 9.26. The summed E-state index contributed by atoms with van der Waals surface area (Å²) in [6.07, 6.45) is -5.31. The Morgan fingerprint density at radius 3 is 2.66 bits per heavy atom. The average molecular weight is 555 g/mol. The third kappa shape index (κ3) is 6.76. The number of nitrogens with zero attached hydrogens (tertiary/aromatic N) is 4. The van der Waals surface area contributed by atoms with Gasteiger partial charge in [-0.15, -0.1) is 0 Å². The molecule has 2 aliphatic heterocycles. The number of benzene rings is 1. The molecule has 14 nitrogen and oxygen atoms in total. The molecule has 38 heavy (non-hydrogen) atoms. The lowest BCUT2D eigenvalue weighted by atomic mass is 10.1. The van der Waals surface area contributed by atoms with Gasteiger partial charge < -0.3 is 19.1 Å². The Morgan fingerprint density at radius 1 is 1.37 bits per heavy atom. The Labute approximate surface area is 216 Å². The van der Waals surface area contributed by atoms with Crippen LogP contribution in [0.2, 0.25) is 0 Å². The van der Waals surface area contributed by atoms with Crippen LogP contribution < -0.4 is 9.61 Å². The molecule has 16 heteroatoms. The number of azide groups is 1. The molecule has 1 saturated heterocycles. The molecule has 1 fully saturated rings. The molecule has 1 amide bonds. The molecule has 3 rings (SSSR count). The number of aliphatic hydroxyl groups excluding tert-OH is 1. The third-order valence-electron chi connectivity index (χ3n) is 5.35. The van der Waals surface area contributed by atoms with Crippen molar-refractivity contribution in [1.82, 2.24) is 9.99 Å². The summed E-state index contributed by atoms with van der Waals surface area (Å²) in [4.78, 5) is 39.4. The topological polar surface area (TPSA) is 189 Å². The lowest BCUT2D eigenvalue weighted by molar-refractivity contribution is -0.157. The van der Waals surface area contributed by atoms with Gasteiger partial charge in [-0.3, -0.25) is 23.8 Å². The molecule has 0 spiro atoms. The van der Waals surface area contributed by atoms with E-state index in [0.717, 1.165) is 17.2 Å². The third-order valence-corrected chi connectivity index (χ3v) is 6.97. The number of halogens is 1. The number of esters is 1. The fraction of sp³-hybridized carbons (Fsp3) is 0.500. The monoisotopic (exact) mass is 555 g/mol. The summed E-state index contributed by atoms with van der Waals surface area (Å²) in [5, 5.41) is 16.4. The zero-order valence-corrected chi connectivity index (χ0v) is 21.6. The van der Waals surface area contributed by atoms with Crippen LogP contribution in [-0.2, 0) is 32.9 Å². The summed E-state index contributed by atoms with van der Waals surface area (Å²) < 4.78 is 50.3. The van der Waals surface area contributed by atoms with Crippen molar-refractivity contribution in [2.24, 2.45) is 5.11 Å². The van der Waals surface area contributed by atoms with Gasteiger partial charge in [0.25, 0.3) is 0 Å². The van der Waals surface area contributed by atoms with Crippen molar-refractivity contribution in [2.75, 3.05) is 6.61 Å². The Hall–Kier alpha value is -3.32. The van der Waals surface area contributed by atoms with Crippen molar-refractivity contribution in [3.63, 3.8) is 0 Å². The van der Waals surface area contributed by atoms with Gasteiger partial charge in [-0.25, -0.2) is 8.96 Å². The number of carbonyl (C=O) groups is 3. The van der Waals surface area contributed by atoms with Crippen molar-refractivity contribution in [3.8, 4) is 5.75 Å². The molecule has 206 valence electrons. The molecule has 6 atom stereocenters. The Bertz CT molecular complexity index is 1180. The first-order chi connectivity index (χ1) is 17.9. The summed E-state index contributed by atoms with van der Waals surface area (Å²) in [6, 6.07) is 6.50. The van der Waals surface area contributed by atoms with Crippen LogP contribution >= 0.6 is 7.75 Å². The van der Waals surface area contributed by atoms with E-state index in [9.17, 15) is 24.1 Å². The highest BCUT2D eigenvalue weighted by atomic mass is 31.2. The second-order valence-corrected chi connectivity index (χ2v) is 10.4. The first-order valence-electron chi connectivity index (χ1n) is 11.5. The van der Waals surface area contributed by atoms with E-state index in [2.05, 4.69) is 15.1 Å². The number of ketones is 1. The minimum atomic E-state index is -4.52. The number of aliphatic hydroxyl groups is 1. The number of alkyl halides is 1. The summed E-state index contributed by atoms with van der Waals surface area (Å²) in [5.74, 6) is -2.04. The molecule has 1 aromatic rings. The minimum Gasteiger partial charge on any atom is -0.462 e. The maximum atomic E-state index is 15.2. The van der Waals surface area contributed by atoms with Crippen LogP contribution in [0.25, 0.3) is 10.4 Å². The van der Waals surface area contributed by atoms with Gasteiger partial charge in [-0.1, -0.05) is 23.3 Å². The van der Waals surface area contributed by atoms with E-state index in [-0.39, 0.29) is 5.75 Å². The standard InChI is InChI=1S/C22H27FN5O9P/c1-13(2)35-21(32)14(3)25-38(33,37-16-7-5-4-6-8-16)34-12-22(26-27-24)19(31)18(23)20(36-22)28-10-9-15(29)11-17(28)30/h4-10,13-14,18-20,31H,11-12H2,1-3H3,(H,25,33)/t14-,18+,19-,20+,22+,38?/m0/s1. The van der Waals surface area contributed by atoms with Gasteiger partial charge in [0.2, 0.25) is 11.6 Å². The van der Waals surface area contributed by atoms with E-state index in [0.29, 0.717) is 0 Å². The van der Waals surface area contributed by atoms with Crippen LogP contribution in [0.3, 0.4) is 0 Å². The number of para-hydroxylation sites is 1. The Morgan fingerprint density at radius 2 is 2.05 bits per heavy atom. The van der Waals surface area contributed by atoms with E-state index in [4.69, 9.17) is 24.1 Å². The van der Waals surface area contributed by atoms with Crippen LogP contribution in [0.4, 0.5) is 4.39 Å². The van der Waals surface area contributed by atoms with Crippen molar-refractivity contribution < 1.29 is 47.0 Å². The minimum absolute atomic E-state index is 0.0634. The van der Waals surface area contributed by atoms with Crippen LogP contribution in [0, 0.1) is 0 Å². The molecule has 0 aromatic heterocycles. The molecule has 2 heterocycles. The molecular formula is C22H27FN5O9P. The molecule has 0 aliphatic carbocycles. The van der Waals surface area contributed by atoms with Gasteiger partial charge >= 0.3 is 13.7 Å². The predicted molar refractivity (Wildman–Crippen MR) is 128 cm³/mol. The summed E-state index contributed by atoms with van der Waals surface area (Å²) >= 11 is 0. The van der Waals surface area contributed by atoms with Crippen molar-refractivity contribution in [3.05, 3.63) is 53.1 Å². The van der Waals surface area contributed by atoms with Gasteiger partial charge in [0, 0.05) is 11.1 Å². The second-order valence-electron chi connectivity index (χ2n) is 8.70. The van der Waals surface area contributed by atoms with E-state index in [1.807, 2.05) is 0 Å². The average Bonchev–Trinajstić information content (AvgIpc) is 3.09. The number of nitrogens with one attached hydrogen (secondary N) is 1. The fourth-order valence-corrected chi connectivity index (χ4v) is 5.06. The maximum Gasteiger partial charge on any atom is 0.459 e. The van der Waals surface area contributed by atoms with Crippen molar-refractivity contribution >= 4 is 25.4 Å². The number of carbonyl (C=O) groups excluding carboxylic acids is 3. The highest BCUT2D eigenvalue weighted by Gasteiger charge is 2.59. The highest BCUT2D eigenvalue weighted by molar-refractivity contribution is 7.52. The van der Waals surface area contributed by atoms with Gasteiger partial charge in [0.1, 0.15) is 17.9 Å². The maximum absolute atomic E-state index is 15.2. The van der Waals surface area contributed by atoms with Crippen LogP contribution in [0.15, 0.2) is 47.7 Å². The second kappa shape index (κ2) is 12.0. The molecular weight excluding hydrogens is 528 g/mol. The zero-order valence-electron chi connectivity index (χ0n) is 20.7. The quantitative estimate of drug-likeness (QED) is 0.102. The molecule has 0 saturated carbocycles. The smallest absolute Gasteiger partial charge is 0.459 e. The molecule has 2 aliphatic rings. The predicted octanol–water partition coefficient (Wildman–Crippen LogP) is 2.50. The van der Waals surface area contributed by atoms with E-state index >= 15 is 4.39 Å². The first-order valence-corrected chi connectivity index (χ1v) is 13.0. The molecule has 2 N–H and O–H groups in total. The SMILES string of the molecule is CC(C)OC(=O)[C@H](C)NP(=O)(OC[C@@]1(N=[N+]=[N-])O[C@@H](N2C=CC(=O)CC2=O)[C@H](F)[C@@H]1O)Oc1ccccc1. The first kappa shape index (κ1) is 29.2.